The molecule has 31 heavy (non-hydrogen) atoms. The van der Waals surface area contributed by atoms with Crippen LogP contribution in [0.4, 0.5) is 0 Å². The lowest BCUT2D eigenvalue weighted by atomic mass is 10.0. The standard InChI is InChI=1S/C24H39N5O.HI/c1-20-8-6-13-28(18-20)14-7-12-26-24(25-2)27-17-22-16-23(30)29(19-22)15-11-21-9-4-3-5-10-21;/h3-5,9-10,20,22H,6-8,11-19H2,1-2H3,(H2,25,26,27);1H. The van der Waals surface area contributed by atoms with E-state index in [9.17, 15) is 4.79 Å². The molecule has 1 amide bonds. The number of halogens is 1. The molecule has 0 spiro atoms. The monoisotopic (exact) mass is 541 g/mol. The molecule has 1 aromatic carbocycles. The maximum absolute atomic E-state index is 12.4. The first kappa shape index (κ1) is 25.9. The molecule has 3 rings (SSSR count). The summed E-state index contributed by atoms with van der Waals surface area (Å²) >= 11 is 0. The molecule has 0 aliphatic carbocycles. The summed E-state index contributed by atoms with van der Waals surface area (Å²) in [5.74, 6) is 2.30. The molecule has 2 heterocycles. The Labute approximate surface area is 205 Å². The van der Waals surface area contributed by atoms with Crippen molar-refractivity contribution in [1.82, 2.24) is 20.4 Å². The van der Waals surface area contributed by atoms with Crippen molar-refractivity contribution in [1.29, 1.82) is 0 Å². The van der Waals surface area contributed by atoms with Gasteiger partial charge in [0, 0.05) is 52.1 Å². The number of piperidine rings is 1. The Kier molecular flexibility index (Phi) is 11.6. The molecular formula is C24H40IN5O. The molecule has 0 aromatic heterocycles. The van der Waals surface area contributed by atoms with E-state index in [0.29, 0.717) is 12.3 Å². The Bertz CT molecular complexity index is 684. The van der Waals surface area contributed by atoms with Crippen LogP contribution < -0.4 is 10.6 Å². The zero-order valence-electron chi connectivity index (χ0n) is 19.2. The number of carbonyl (C=O) groups excluding carboxylic acids is 1. The Morgan fingerprint density at radius 2 is 1.97 bits per heavy atom. The summed E-state index contributed by atoms with van der Waals surface area (Å²) in [4.78, 5) is 21.3. The third-order valence-electron chi connectivity index (χ3n) is 6.27. The van der Waals surface area contributed by atoms with Crippen molar-refractivity contribution in [2.24, 2.45) is 16.8 Å². The quantitative estimate of drug-likeness (QED) is 0.219. The van der Waals surface area contributed by atoms with Crippen molar-refractivity contribution >= 4 is 35.8 Å². The summed E-state index contributed by atoms with van der Waals surface area (Å²) in [6, 6.07) is 10.4. The molecule has 6 nitrogen and oxygen atoms in total. The smallest absolute Gasteiger partial charge is 0.223 e. The molecule has 2 N–H and O–H groups in total. The fourth-order valence-electron chi connectivity index (χ4n) is 4.58. The molecular weight excluding hydrogens is 501 g/mol. The first-order chi connectivity index (χ1) is 14.6. The zero-order valence-corrected chi connectivity index (χ0v) is 21.5. The van der Waals surface area contributed by atoms with Crippen LogP contribution in [0, 0.1) is 11.8 Å². The van der Waals surface area contributed by atoms with Gasteiger partial charge in [0.25, 0.3) is 0 Å². The predicted molar refractivity (Wildman–Crippen MR) is 139 cm³/mol. The molecule has 2 atom stereocenters. The molecule has 2 unspecified atom stereocenters. The molecule has 2 aliphatic heterocycles. The van der Waals surface area contributed by atoms with Crippen LogP contribution in [-0.4, -0.2) is 74.5 Å². The maximum atomic E-state index is 12.4. The van der Waals surface area contributed by atoms with Crippen molar-refractivity contribution in [2.75, 3.05) is 52.9 Å². The number of hydrogen-bond donors (Lipinski definition) is 2. The van der Waals surface area contributed by atoms with Gasteiger partial charge in [-0.1, -0.05) is 37.3 Å². The number of aliphatic imine (C=N–C) groups is 1. The summed E-state index contributed by atoms with van der Waals surface area (Å²) in [5, 5.41) is 6.85. The van der Waals surface area contributed by atoms with E-state index in [-0.39, 0.29) is 29.9 Å². The Morgan fingerprint density at radius 3 is 2.71 bits per heavy atom. The third-order valence-corrected chi connectivity index (χ3v) is 6.27. The van der Waals surface area contributed by atoms with E-state index in [0.717, 1.165) is 57.4 Å². The number of nitrogens with zero attached hydrogens (tertiary/aromatic N) is 3. The predicted octanol–water partition coefficient (Wildman–Crippen LogP) is 2.98. The Morgan fingerprint density at radius 1 is 1.16 bits per heavy atom. The molecule has 2 aliphatic rings. The minimum absolute atomic E-state index is 0. The van der Waals surface area contributed by atoms with E-state index in [1.54, 1.807) is 0 Å². The average molecular weight is 542 g/mol. The normalized spacial score (nSPS) is 22.3. The second kappa shape index (κ2) is 13.9. The number of rotatable bonds is 9. The van der Waals surface area contributed by atoms with Crippen molar-refractivity contribution < 1.29 is 4.79 Å². The van der Waals surface area contributed by atoms with E-state index in [1.807, 2.05) is 18.0 Å². The number of guanidine groups is 1. The second-order valence-electron chi connectivity index (χ2n) is 8.93. The minimum atomic E-state index is 0. The summed E-state index contributed by atoms with van der Waals surface area (Å²) in [5.41, 5.74) is 1.29. The zero-order chi connectivity index (χ0) is 21.2. The van der Waals surface area contributed by atoms with Gasteiger partial charge in [0.05, 0.1) is 0 Å². The van der Waals surface area contributed by atoms with Crippen molar-refractivity contribution in [2.45, 2.75) is 39.0 Å². The molecule has 0 saturated carbocycles. The first-order valence-electron chi connectivity index (χ1n) is 11.6. The van der Waals surface area contributed by atoms with Gasteiger partial charge >= 0.3 is 0 Å². The van der Waals surface area contributed by atoms with Crippen LogP contribution in [0.15, 0.2) is 35.3 Å². The van der Waals surface area contributed by atoms with E-state index >= 15 is 0 Å². The lowest BCUT2D eigenvalue weighted by Gasteiger charge is -2.30. The first-order valence-corrected chi connectivity index (χ1v) is 11.6. The third kappa shape index (κ3) is 8.96. The van der Waals surface area contributed by atoms with Gasteiger partial charge in [-0.2, -0.15) is 0 Å². The molecule has 7 heteroatoms. The Balaban J connectivity index is 0.00000341. The van der Waals surface area contributed by atoms with Gasteiger partial charge in [0.1, 0.15) is 0 Å². The number of amides is 1. The summed E-state index contributed by atoms with van der Waals surface area (Å²) in [6.45, 7) is 9.35. The maximum Gasteiger partial charge on any atom is 0.223 e. The topological polar surface area (TPSA) is 60.0 Å². The molecule has 174 valence electrons. The van der Waals surface area contributed by atoms with Crippen LogP contribution in [0.2, 0.25) is 0 Å². The van der Waals surface area contributed by atoms with Gasteiger partial charge < -0.3 is 20.4 Å². The van der Waals surface area contributed by atoms with Crippen molar-refractivity contribution in [3.8, 4) is 0 Å². The number of hydrogen-bond acceptors (Lipinski definition) is 3. The summed E-state index contributed by atoms with van der Waals surface area (Å²) in [7, 11) is 1.81. The number of carbonyl (C=O) groups is 1. The highest BCUT2D eigenvalue weighted by Crippen LogP contribution is 2.18. The number of likely N-dealkylation sites (tertiary alicyclic amines) is 2. The van der Waals surface area contributed by atoms with Crippen LogP contribution in [0.3, 0.4) is 0 Å². The van der Waals surface area contributed by atoms with Gasteiger partial charge in [-0.05, 0) is 50.3 Å². The lowest BCUT2D eigenvalue weighted by molar-refractivity contribution is -0.127. The molecule has 2 saturated heterocycles. The van der Waals surface area contributed by atoms with Gasteiger partial charge in [-0.15, -0.1) is 24.0 Å². The van der Waals surface area contributed by atoms with Crippen LogP contribution in [0.25, 0.3) is 0 Å². The van der Waals surface area contributed by atoms with Crippen LogP contribution in [0.5, 0.6) is 0 Å². The van der Waals surface area contributed by atoms with E-state index < -0.39 is 0 Å². The van der Waals surface area contributed by atoms with E-state index in [2.05, 4.69) is 51.7 Å². The van der Waals surface area contributed by atoms with E-state index in [1.165, 1.54) is 31.5 Å². The van der Waals surface area contributed by atoms with Crippen molar-refractivity contribution in [3.63, 3.8) is 0 Å². The van der Waals surface area contributed by atoms with Gasteiger partial charge in [-0.3, -0.25) is 9.79 Å². The number of nitrogens with one attached hydrogen (secondary N) is 2. The Hall–Kier alpha value is -1.35. The minimum Gasteiger partial charge on any atom is -0.356 e. The van der Waals surface area contributed by atoms with Crippen LogP contribution >= 0.6 is 24.0 Å². The highest BCUT2D eigenvalue weighted by molar-refractivity contribution is 14.0. The van der Waals surface area contributed by atoms with Crippen LogP contribution in [0.1, 0.15) is 38.2 Å². The lowest BCUT2D eigenvalue weighted by Crippen LogP contribution is -2.42. The molecule has 0 bridgehead atoms. The SMILES string of the molecule is CN=C(NCCCN1CCCC(C)C1)NCC1CC(=O)N(CCc2ccccc2)C1.I. The highest BCUT2D eigenvalue weighted by Gasteiger charge is 2.29. The van der Waals surface area contributed by atoms with Gasteiger partial charge in [-0.25, -0.2) is 0 Å². The average Bonchev–Trinajstić information content (AvgIpc) is 3.12. The van der Waals surface area contributed by atoms with Crippen LogP contribution in [-0.2, 0) is 11.2 Å². The fourth-order valence-corrected chi connectivity index (χ4v) is 4.58. The second-order valence-corrected chi connectivity index (χ2v) is 8.93. The largest absolute Gasteiger partial charge is 0.356 e. The van der Waals surface area contributed by atoms with Gasteiger partial charge in [0.2, 0.25) is 5.91 Å². The molecule has 0 radical (unpaired) electrons. The number of benzene rings is 1. The van der Waals surface area contributed by atoms with E-state index in [4.69, 9.17) is 0 Å². The summed E-state index contributed by atoms with van der Waals surface area (Å²) in [6.07, 6.45) is 5.39. The van der Waals surface area contributed by atoms with Crippen molar-refractivity contribution in [3.05, 3.63) is 35.9 Å². The molecule has 2 fully saturated rings. The fraction of sp³-hybridized carbons (Fsp3) is 0.667. The highest BCUT2D eigenvalue weighted by atomic mass is 127. The van der Waals surface area contributed by atoms with Gasteiger partial charge in [0.15, 0.2) is 5.96 Å². The summed E-state index contributed by atoms with van der Waals surface area (Å²) < 4.78 is 0. The molecule has 1 aromatic rings.